The van der Waals surface area contributed by atoms with Crippen molar-refractivity contribution in [2.24, 2.45) is 0 Å². The van der Waals surface area contributed by atoms with Gasteiger partial charge in [0.25, 0.3) is 0 Å². The first-order valence-electron chi connectivity index (χ1n) is 4.11. The highest BCUT2D eigenvalue weighted by molar-refractivity contribution is 7.80. The fraction of sp³-hybridized carbons (Fsp3) is 0.400. The maximum Gasteiger partial charge on any atom is 0.126 e. The SMILES string of the molecule is CC(S)CCc1ccccc1F. The summed E-state index contributed by atoms with van der Waals surface area (Å²) in [6.07, 6.45) is 1.70. The largest absolute Gasteiger partial charge is 0.207 e. The molecule has 66 valence electrons. The van der Waals surface area contributed by atoms with Crippen molar-refractivity contribution < 1.29 is 4.39 Å². The van der Waals surface area contributed by atoms with Crippen molar-refractivity contribution in [3.05, 3.63) is 35.6 Å². The molecule has 0 N–H and O–H groups in total. The Balaban J connectivity index is 2.57. The Morgan fingerprint density at radius 2 is 2.08 bits per heavy atom. The molecule has 1 aromatic rings. The van der Waals surface area contributed by atoms with Gasteiger partial charge in [-0.3, -0.25) is 0 Å². The Morgan fingerprint density at radius 3 is 2.67 bits per heavy atom. The standard InChI is InChI=1S/C10H13FS/c1-8(12)6-7-9-4-2-3-5-10(9)11/h2-5,8,12H,6-7H2,1H3. The average Bonchev–Trinajstić information content (AvgIpc) is 2.03. The maximum absolute atomic E-state index is 13.0. The van der Waals surface area contributed by atoms with Gasteiger partial charge in [0, 0.05) is 0 Å². The molecular weight excluding hydrogens is 171 g/mol. The van der Waals surface area contributed by atoms with E-state index in [1.165, 1.54) is 6.07 Å². The van der Waals surface area contributed by atoms with Crippen LogP contribution in [0.2, 0.25) is 0 Å². The predicted molar refractivity (Wildman–Crippen MR) is 53.2 cm³/mol. The summed E-state index contributed by atoms with van der Waals surface area (Å²) in [6, 6.07) is 6.90. The van der Waals surface area contributed by atoms with Crippen LogP contribution >= 0.6 is 12.6 Å². The smallest absolute Gasteiger partial charge is 0.126 e. The number of aryl methyl sites for hydroxylation is 1. The van der Waals surface area contributed by atoms with Gasteiger partial charge in [-0.05, 0) is 29.7 Å². The van der Waals surface area contributed by atoms with Gasteiger partial charge in [0.15, 0.2) is 0 Å². The van der Waals surface area contributed by atoms with Crippen molar-refractivity contribution in [3.8, 4) is 0 Å². The second kappa shape index (κ2) is 4.51. The molecule has 0 aliphatic carbocycles. The van der Waals surface area contributed by atoms with Gasteiger partial charge in [-0.1, -0.05) is 25.1 Å². The van der Waals surface area contributed by atoms with Crippen LogP contribution in [0.1, 0.15) is 18.9 Å². The fourth-order valence-electron chi connectivity index (χ4n) is 1.07. The third kappa shape index (κ3) is 2.86. The Bertz CT molecular complexity index is 245. The van der Waals surface area contributed by atoms with Gasteiger partial charge >= 0.3 is 0 Å². The lowest BCUT2D eigenvalue weighted by Crippen LogP contribution is -1.96. The van der Waals surface area contributed by atoms with Gasteiger partial charge in [0.2, 0.25) is 0 Å². The number of rotatable bonds is 3. The Labute approximate surface area is 78.2 Å². The van der Waals surface area contributed by atoms with Crippen molar-refractivity contribution >= 4 is 12.6 Å². The van der Waals surface area contributed by atoms with E-state index in [0.717, 1.165) is 18.4 Å². The minimum Gasteiger partial charge on any atom is -0.207 e. The molecule has 0 aliphatic rings. The van der Waals surface area contributed by atoms with Gasteiger partial charge in [-0.15, -0.1) is 0 Å². The van der Waals surface area contributed by atoms with Crippen molar-refractivity contribution in [1.29, 1.82) is 0 Å². The van der Waals surface area contributed by atoms with Crippen molar-refractivity contribution in [3.63, 3.8) is 0 Å². The van der Waals surface area contributed by atoms with E-state index in [0.29, 0.717) is 5.25 Å². The number of thiol groups is 1. The molecule has 12 heavy (non-hydrogen) atoms. The number of hydrogen-bond donors (Lipinski definition) is 1. The van der Waals surface area contributed by atoms with Crippen LogP contribution in [0, 0.1) is 5.82 Å². The second-order valence-electron chi connectivity index (χ2n) is 2.98. The van der Waals surface area contributed by atoms with Crippen molar-refractivity contribution in [1.82, 2.24) is 0 Å². The highest BCUT2D eigenvalue weighted by atomic mass is 32.1. The van der Waals surface area contributed by atoms with Crippen molar-refractivity contribution in [2.45, 2.75) is 25.0 Å². The van der Waals surface area contributed by atoms with Crippen molar-refractivity contribution in [2.75, 3.05) is 0 Å². The number of halogens is 1. The lowest BCUT2D eigenvalue weighted by atomic mass is 10.1. The first-order valence-corrected chi connectivity index (χ1v) is 4.63. The molecule has 2 heteroatoms. The zero-order valence-corrected chi connectivity index (χ0v) is 8.02. The molecule has 0 saturated carbocycles. The lowest BCUT2D eigenvalue weighted by molar-refractivity contribution is 0.604. The molecule has 0 radical (unpaired) electrons. The van der Waals surface area contributed by atoms with Gasteiger partial charge in [0.05, 0.1) is 0 Å². The van der Waals surface area contributed by atoms with Crippen LogP contribution in [0.3, 0.4) is 0 Å². The third-order valence-electron chi connectivity index (χ3n) is 1.79. The topological polar surface area (TPSA) is 0 Å². The number of hydrogen-bond acceptors (Lipinski definition) is 1. The summed E-state index contributed by atoms with van der Waals surface area (Å²) in [4.78, 5) is 0. The highest BCUT2D eigenvalue weighted by Crippen LogP contribution is 2.11. The molecule has 0 amide bonds. The molecule has 1 unspecified atom stereocenters. The zero-order chi connectivity index (χ0) is 8.97. The molecule has 1 rings (SSSR count). The zero-order valence-electron chi connectivity index (χ0n) is 7.13. The van der Waals surface area contributed by atoms with Crippen LogP contribution < -0.4 is 0 Å². The van der Waals surface area contributed by atoms with Gasteiger partial charge in [-0.2, -0.15) is 12.6 Å². The highest BCUT2D eigenvalue weighted by Gasteiger charge is 2.01. The fourth-order valence-corrected chi connectivity index (χ4v) is 1.19. The molecule has 0 fully saturated rings. The molecule has 0 aliphatic heterocycles. The summed E-state index contributed by atoms with van der Waals surface area (Å²) < 4.78 is 13.0. The third-order valence-corrected chi connectivity index (χ3v) is 2.05. The van der Waals surface area contributed by atoms with Gasteiger partial charge in [-0.25, -0.2) is 4.39 Å². The summed E-state index contributed by atoms with van der Waals surface area (Å²) in [5.41, 5.74) is 0.790. The van der Waals surface area contributed by atoms with E-state index in [9.17, 15) is 4.39 Å². The quantitative estimate of drug-likeness (QED) is 0.686. The molecule has 0 heterocycles. The van der Waals surface area contributed by atoms with E-state index in [4.69, 9.17) is 0 Å². The van der Waals surface area contributed by atoms with E-state index in [1.807, 2.05) is 19.1 Å². The van der Waals surface area contributed by atoms with Crippen LogP contribution in [0.15, 0.2) is 24.3 Å². The van der Waals surface area contributed by atoms with Crippen LogP contribution in [-0.2, 0) is 6.42 Å². The Hall–Kier alpha value is -0.500. The maximum atomic E-state index is 13.0. The van der Waals surface area contributed by atoms with E-state index < -0.39 is 0 Å². The van der Waals surface area contributed by atoms with E-state index >= 15 is 0 Å². The van der Waals surface area contributed by atoms with Gasteiger partial charge < -0.3 is 0 Å². The summed E-state index contributed by atoms with van der Waals surface area (Å²) in [6.45, 7) is 2.02. The molecule has 1 atom stereocenters. The summed E-state index contributed by atoms with van der Waals surface area (Å²) >= 11 is 4.24. The predicted octanol–water partition coefficient (Wildman–Crippen LogP) is 3.08. The van der Waals surface area contributed by atoms with E-state index in [-0.39, 0.29) is 5.82 Å². The van der Waals surface area contributed by atoms with E-state index in [2.05, 4.69) is 12.6 Å². The Morgan fingerprint density at radius 1 is 1.42 bits per heavy atom. The summed E-state index contributed by atoms with van der Waals surface area (Å²) in [5, 5.41) is 0.338. The van der Waals surface area contributed by atoms with Crippen LogP contribution in [0.25, 0.3) is 0 Å². The number of benzene rings is 1. The molecule has 1 aromatic carbocycles. The minimum atomic E-state index is -0.105. The Kier molecular flexibility index (Phi) is 3.60. The molecule has 0 aromatic heterocycles. The second-order valence-corrected chi connectivity index (χ2v) is 3.86. The molecule has 0 bridgehead atoms. The first kappa shape index (κ1) is 9.59. The normalized spacial score (nSPS) is 12.9. The van der Waals surface area contributed by atoms with Gasteiger partial charge in [0.1, 0.15) is 5.82 Å². The monoisotopic (exact) mass is 184 g/mol. The van der Waals surface area contributed by atoms with Crippen LogP contribution in [0.5, 0.6) is 0 Å². The van der Waals surface area contributed by atoms with E-state index in [1.54, 1.807) is 6.07 Å². The summed E-state index contributed by atoms with van der Waals surface area (Å²) in [7, 11) is 0. The lowest BCUT2D eigenvalue weighted by Gasteiger charge is -2.04. The van der Waals surface area contributed by atoms with Crippen LogP contribution in [0.4, 0.5) is 4.39 Å². The summed E-state index contributed by atoms with van der Waals surface area (Å²) in [5.74, 6) is -0.105. The average molecular weight is 184 g/mol. The minimum absolute atomic E-state index is 0.105. The molecule has 0 spiro atoms. The molecule has 0 saturated heterocycles. The molecule has 0 nitrogen and oxygen atoms in total. The first-order chi connectivity index (χ1) is 5.70. The van der Waals surface area contributed by atoms with Crippen LogP contribution in [-0.4, -0.2) is 5.25 Å². The molecular formula is C10H13FS.